The summed E-state index contributed by atoms with van der Waals surface area (Å²) < 4.78 is 10.9. The molecule has 2 aliphatic carbocycles. The van der Waals surface area contributed by atoms with Crippen molar-refractivity contribution in [3.05, 3.63) is 0 Å². The lowest BCUT2D eigenvalue weighted by Crippen LogP contribution is -2.24. The Kier molecular flexibility index (Phi) is 7.60. The Morgan fingerprint density at radius 2 is 1.72 bits per heavy atom. The van der Waals surface area contributed by atoms with Gasteiger partial charge in [-0.3, -0.25) is 4.79 Å². The predicted molar refractivity (Wildman–Crippen MR) is 97.2 cm³/mol. The van der Waals surface area contributed by atoms with Crippen molar-refractivity contribution in [2.24, 2.45) is 11.8 Å². The van der Waals surface area contributed by atoms with Crippen LogP contribution in [0.15, 0.2) is 0 Å². The van der Waals surface area contributed by atoms with E-state index in [2.05, 4.69) is 0 Å². The van der Waals surface area contributed by atoms with E-state index in [1.807, 2.05) is 0 Å². The maximum atomic E-state index is 12.0. The van der Waals surface area contributed by atoms with Crippen molar-refractivity contribution >= 4 is 5.97 Å². The molecule has 0 radical (unpaired) electrons. The van der Waals surface area contributed by atoms with E-state index in [1.54, 1.807) is 0 Å². The molecule has 0 aromatic heterocycles. The smallest absolute Gasteiger partial charge is 0.309 e. The summed E-state index contributed by atoms with van der Waals surface area (Å²) in [6.07, 6.45) is 16.8. The number of carbonyl (C=O) groups excluding carboxylic acids is 1. The molecule has 3 rings (SSSR count). The quantitative estimate of drug-likeness (QED) is 0.360. The van der Waals surface area contributed by atoms with E-state index in [0.717, 1.165) is 50.9 Å². The molecule has 1 N–H and O–H groups in total. The maximum Gasteiger partial charge on any atom is 0.309 e. The SMILES string of the molecule is O=C(OCCCCCCCCC1CCCC(O)C1)C1CCC2OC2C1. The number of carbonyl (C=O) groups is 1. The molecule has 1 heterocycles. The van der Waals surface area contributed by atoms with Crippen LogP contribution in [-0.4, -0.2) is 36.0 Å². The number of epoxide rings is 1. The van der Waals surface area contributed by atoms with Crippen molar-refractivity contribution in [3.63, 3.8) is 0 Å². The second-order valence-corrected chi connectivity index (χ2v) is 8.49. The zero-order chi connectivity index (χ0) is 17.5. The first-order chi connectivity index (χ1) is 12.2. The third kappa shape index (κ3) is 6.56. The highest BCUT2D eigenvalue weighted by atomic mass is 16.6. The normalized spacial score (nSPS) is 34.4. The van der Waals surface area contributed by atoms with E-state index in [9.17, 15) is 9.90 Å². The lowest BCUT2D eigenvalue weighted by Gasteiger charge is -2.25. The van der Waals surface area contributed by atoms with Crippen molar-refractivity contribution < 1.29 is 19.4 Å². The number of aliphatic hydroxyl groups excluding tert-OH is 1. The van der Waals surface area contributed by atoms with Crippen LogP contribution in [0.5, 0.6) is 0 Å². The van der Waals surface area contributed by atoms with Crippen LogP contribution >= 0.6 is 0 Å². The Labute approximate surface area is 152 Å². The highest BCUT2D eigenvalue weighted by Gasteiger charge is 2.46. The van der Waals surface area contributed by atoms with E-state index in [0.29, 0.717) is 18.8 Å². The number of hydrogen-bond donors (Lipinski definition) is 1. The largest absolute Gasteiger partial charge is 0.465 e. The minimum absolute atomic E-state index is 0.00335. The zero-order valence-electron chi connectivity index (χ0n) is 15.7. The zero-order valence-corrected chi connectivity index (χ0v) is 15.7. The summed E-state index contributed by atoms with van der Waals surface area (Å²) in [5, 5.41) is 9.70. The van der Waals surface area contributed by atoms with Crippen molar-refractivity contribution in [2.75, 3.05) is 6.61 Å². The molecule has 2 saturated carbocycles. The van der Waals surface area contributed by atoms with Gasteiger partial charge in [-0.25, -0.2) is 0 Å². The van der Waals surface area contributed by atoms with Gasteiger partial charge in [0.15, 0.2) is 0 Å². The number of aliphatic hydroxyl groups is 1. The summed E-state index contributed by atoms with van der Waals surface area (Å²) in [6, 6.07) is 0. The van der Waals surface area contributed by atoms with Gasteiger partial charge >= 0.3 is 5.97 Å². The van der Waals surface area contributed by atoms with Crippen molar-refractivity contribution in [3.8, 4) is 0 Å². The van der Waals surface area contributed by atoms with E-state index in [-0.39, 0.29) is 18.0 Å². The molecule has 144 valence electrons. The molecule has 0 spiro atoms. The number of esters is 1. The van der Waals surface area contributed by atoms with Crippen LogP contribution < -0.4 is 0 Å². The first-order valence-corrected chi connectivity index (χ1v) is 10.7. The molecule has 4 nitrogen and oxygen atoms in total. The molecule has 0 aromatic rings. The molecule has 3 aliphatic rings. The van der Waals surface area contributed by atoms with Gasteiger partial charge in [0.1, 0.15) is 0 Å². The third-order valence-electron chi connectivity index (χ3n) is 6.34. The average Bonchev–Trinajstić information content (AvgIpc) is 3.39. The predicted octanol–water partition coefficient (Wildman–Crippen LogP) is 4.38. The van der Waals surface area contributed by atoms with Crippen LogP contribution in [0.1, 0.15) is 89.9 Å². The van der Waals surface area contributed by atoms with Crippen LogP contribution in [0.2, 0.25) is 0 Å². The lowest BCUT2D eigenvalue weighted by molar-refractivity contribution is -0.149. The molecular formula is C21H36O4. The number of fused-ring (bicyclic) bond motifs is 1. The van der Waals surface area contributed by atoms with Gasteiger partial charge in [-0.05, 0) is 44.4 Å². The molecular weight excluding hydrogens is 316 g/mol. The number of rotatable bonds is 10. The molecule has 25 heavy (non-hydrogen) atoms. The van der Waals surface area contributed by atoms with E-state index in [1.165, 1.54) is 44.9 Å². The number of ether oxygens (including phenoxy) is 2. The van der Waals surface area contributed by atoms with Gasteiger partial charge in [0.05, 0.1) is 30.8 Å². The molecule has 5 atom stereocenters. The summed E-state index contributed by atoms with van der Waals surface area (Å²) in [5.41, 5.74) is 0. The molecule has 0 aromatic carbocycles. The summed E-state index contributed by atoms with van der Waals surface area (Å²) in [6.45, 7) is 0.588. The van der Waals surface area contributed by atoms with E-state index < -0.39 is 0 Å². The van der Waals surface area contributed by atoms with E-state index in [4.69, 9.17) is 9.47 Å². The number of unbranched alkanes of at least 4 members (excludes halogenated alkanes) is 5. The van der Waals surface area contributed by atoms with Gasteiger partial charge in [0.2, 0.25) is 0 Å². The van der Waals surface area contributed by atoms with Gasteiger partial charge in [-0.2, -0.15) is 0 Å². The van der Waals surface area contributed by atoms with Crippen LogP contribution in [-0.2, 0) is 14.3 Å². The number of hydrogen-bond acceptors (Lipinski definition) is 4. The molecule has 5 unspecified atom stereocenters. The Morgan fingerprint density at radius 1 is 0.920 bits per heavy atom. The minimum Gasteiger partial charge on any atom is -0.465 e. The summed E-state index contributed by atoms with van der Waals surface area (Å²) >= 11 is 0. The highest BCUT2D eigenvalue weighted by Crippen LogP contribution is 2.39. The summed E-state index contributed by atoms with van der Waals surface area (Å²) in [7, 11) is 0. The van der Waals surface area contributed by atoms with Crippen molar-refractivity contribution in [1.82, 2.24) is 0 Å². The van der Waals surface area contributed by atoms with E-state index >= 15 is 0 Å². The Morgan fingerprint density at radius 3 is 2.52 bits per heavy atom. The van der Waals surface area contributed by atoms with Crippen molar-refractivity contribution in [2.45, 2.75) is 108 Å². The van der Waals surface area contributed by atoms with Gasteiger partial charge in [-0.1, -0.05) is 51.4 Å². The summed E-state index contributed by atoms with van der Waals surface area (Å²) in [5.74, 6) is 0.852. The fourth-order valence-electron chi connectivity index (χ4n) is 4.68. The topological polar surface area (TPSA) is 59.1 Å². The first-order valence-electron chi connectivity index (χ1n) is 10.7. The fourth-order valence-corrected chi connectivity index (χ4v) is 4.68. The highest BCUT2D eigenvalue weighted by molar-refractivity contribution is 5.72. The first kappa shape index (κ1) is 19.2. The van der Waals surface area contributed by atoms with Gasteiger partial charge in [-0.15, -0.1) is 0 Å². The molecule has 4 heteroatoms. The van der Waals surface area contributed by atoms with Gasteiger partial charge in [0.25, 0.3) is 0 Å². The van der Waals surface area contributed by atoms with Gasteiger partial charge < -0.3 is 14.6 Å². The average molecular weight is 353 g/mol. The van der Waals surface area contributed by atoms with Crippen LogP contribution in [0, 0.1) is 11.8 Å². The molecule has 1 saturated heterocycles. The Balaban J connectivity index is 1.10. The fraction of sp³-hybridized carbons (Fsp3) is 0.952. The summed E-state index contributed by atoms with van der Waals surface area (Å²) in [4.78, 5) is 12.0. The van der Waals surface area contributed by atoms with Crippen LogP contribution in [0.4, 0.5) is 0 Å². The third-order valence-corrected chi connectivity index (χ3v) is 6.34. The van der Waals surface area contributed by atoms with Crippen molar-refractivity contribution in [1.29, 1.82) is 0 Å². The maximum absolute atomic E-state index is 12.0. The van der Waals surface area contributed by atoms with Crippen LogP contribution in [0.3, 0.4) is 0 Å². The lowest BCUT2D eigenvalue weighted by atomic mass is 9.84. The molecule has 0 bridgehead atoms. The monoisotopic (exact) mass is 352 g/mol. The molecule has 1 aliphatic heterocycles. The van der Waals surface area contributed by atoms with Gasteiger partial charge in [0, 0.05) is 0 Å². The Bertz CT molecular complexity index is 411. The Hall–Kier alpha value is -0.610. The minimum atomic E-state index is -0.0340. The second-order valence-electron chi connectivity index (χ2n) is 8.49. The molecule has 0 amide bonds. The second kappa shape index (κ2) is 9.91. The van der Waals surface area contributed by atoms with Crippen LogP contribution in [0.25, 0.3) is 0 Å². The standard InChI is InChI=1S/C21H36O4/c22-18-10-7-9-16(14-18)8-5-3-1-2-4-6-13-24-21(23)17-11-12-19-20(15-17)25-19/h16-20,22H,1-15H2. The molecule has 3 fully saturated rings.